The van der Waals surface area contributed by atoms with Gasteiger partial charge in [0.05, 0.1) is 0 Å². The van der Waals surface area contributed by atoms with E-state index in [2.05, 4.69) is 12.2 Å². The van der Waals surface area contributed by atoms with Crippen molar-refractivity contribution in [3.05, 3.63) is 0 Å². The van der Waals surface area contributed by atoms with Crippen molar-refractivity contribution in [2.24, 2.45) is 5.73 Å². The van der Waals surface area contributed by atoms with Crippen LogP contribution < -0.4 is 11.1 Å². The molecule has 0 bridgehead atoms. The Hall–Kier alpha value is -1.06. The fraction of sp³-hybridized carbons (Fsp3) is 0.875. The average molecular weight is 284 g/mol. The summed E-state index contributed by atoms with van der Waals surface area (Å²) >= 11 is 0. The average Bonchev–Trinajstić information content (AvgIpc) is 2.41. The van der Waals surface area contributed by atoms with E-state index < -0.39 is 0 Å². The Balaban J connectivity index is 3.17. The van der Waals surface area contributed by atoms with Gasteiger partial charge in [0.2, 0.25) is 11.8 Å². The molecule has 4 heteroatoms. The Morgan fingerprint density at radius 1 is 0.800 bits per heavy atom. The van der Waals surface area contributed by atoms with Crippen LogP contribution in [0.1, 0.15) is 84.0 Å². The largest absolute Gasteiger partial charge is 0.370 e. The van der Waals surface area contributed by atoms with Crippen molar-refractivity contribution in [2.75, 3.05) is 6.54 Å². The molecule has 0 saturated carbocycles. The Bertz CT molecular complexity index is 255. The van der Waals surface area contributed by atoms with Crippen LogP contribution in [0.3, 0.4) is 0 Å². The minimum absolute atomic E-state index is 0.0948. The molecule has 118 valence electrons. The van der Waals surface area contributed by atoms with Crippen molar-refractivity contribution in [1.82, 2.24) is 5.32 Å². The molecule has 0 spiro atoms. The highest BCUT2D eigenvalue weighted by Gasteiger charge is 2.01. The minimum atomic E-state index is -0.288. The zero-order valence-corrected chi connectivity index (χ0v) is 13.1. The van der Waals surface area contributed by atoms with Gasteiger partial charge in [-0.05, 0) is 19.3 Å². The van der Waals surface area contributed by atoms with Crippen molar-refractivity contribution in [3.63, 3.8) is 0 Å². The van der Waals surface area contributed by atoms with Crippen molar-refractivity contribution in [1.29, 1.82) is 0 Å². The molecule has 0 rings (SSSR count). The van der Waals surface area contributed by atoms with Crippen molar-refractivity contribution in [3.8, 4) is 0 Å². The number of primary amides is 1. The Morgan fingerprint density at radius 3 is 1.95 bits per heavy atom. The number of rotatable bonds is 14. The Labute approximate surface area is 123 Å². The lowest BCUT2D eigenvalue weighted by atomic mass is 10.1. The first kappa shape index (κ1) is 18.9. The number of hydrogen-bond acceptors (Lipinski definition) is 2. The van der Waals surface area contributed by atoms with Crippen LogP contribution in [0.15, 0.2) is 0 Å². The van der Waals surface area contributed by atoms with Crippen molar-refractivity contribution >= 4 is 11.8 Å². The summed E-state index contributed by atoms with van der Waals surface area (Å²) < 4.78 is 0. The van der Waals surface area contributed by atoms with Crippen LogP contribution in [0.5, 0.6) is 0 Å². The standard InChI is InChI=1S/C16H32N2O2/c1-2-3-4-5-6-7-8-11-14-18-16(20)13-10-9-12-15(17)19/h2-14H2,1H3,(H2,17,19)(H,18,20). The van der Waals surface area contributed by atoms with E-state index in [4.69, 9.17) is 5.73 Å². The number of hydrogen-bond donors (Lipinski definition) is 2. The zero-order valence-electron chi connectivity index (χ0n) is 13.1. The molecule has 0 saturated heterocycles. The molecule has 0 aromatic carbocycles. The van der Waals surface area contributed by atoms with E-state index in [0.717, 1.165) is 19.4 Å². The van der Waals surface area contributed by atoms with Gasteiger partial charge in [-0.3, -0.25) is 9.59 Å². The molecule has 0 aliphatic heterocycles. The molecule has 0 aliphatic rings. The SMILES string of the molecule is CCCCCCCCCCNC(=O)CCCCC(N)=O. The van der Waals surface area contributed by atoms with Gasteiger partial charge in [0, 0.05) is 19.4 Å². The summed E-state index contributed by atoms with van der Waals surface area (Å²) in [6, 6.07) is 0. The molecule has 0 aromatic rings. The summed E-state index contributed by atoms with van der Waals surface area (Å²) in [6.45, 7) is 3.01. The molecule has 4 nitrogen and oxygen atoms in total. The molecule has 0 fully saturated rings. The van der Waals surface area contributed by atoms with Gasteiger partial charge in [-0.1, -0.05) is 51.9 Å². The summed E-state index contributed by atoms with van der Waals surface area (Å²) in [7, 11) is 0. The van der Waals surface area contributed by atoms with E-state index in [1.807, 2.05) is 0 Å². The Kier molecular flexibility index (Phi) is 13.6. The third-order valence-corrected chi connectivity index (χ3v) is 3.43. The van der Waals surface area contributed by atoms with Gasteiger partial charge in [-0.15, -0.1) is 0 Å². The monoisotopic (exact) mass is 284 g/mol. The van der Waals surface area contributed by atoms with Gasteiger partial charge >= 0.3 is 0 Å². The van der Waals surface area contributed by atoms with E-state index >= 15 is 0 Å². The van der Waals surface area contributed by atoms with E-state index in [0.29, 0.717) is 19.3 Å². The maximum Gasteiger partial charge on any atom is 0.219 e. The van der Waals surface area contributed by atoms with Crippen LogP contribution in [0.25, 0.3) is 0 Å². The second-order valence-corrected chi connectivity index (χ2v) is 5.50. The normalized spacial score (nSPS) is 10.4. The van der Waals surface area contributed by atoms with Gasteiger partial charge < -0.3 is 11.1 Å². The van der Waals surface area contributed by atoms with Gasteiger partial charge in [0.1, 0.15) is 0 Å². The predicted octanol–water partition coefficient (Wildman–Crippen LogP) is 3.29. The fourth-order valence-electron chi connectivity index (χ4n) is 2.16. The van der Waals surface area contributed by atoms with E-state index in [1.165, 1.54) is 44.9 Å². The summed E-state index contributed by atoms with van der Waals surface area (Å²) in [5.74, 6) is -0.193. The molecule has 0 heterocycles. The lowest BCUT2D eigenvalue weighted by Gasteiger charge is -2.05. The van der Waals surface area contributed by atoms with Gasteiger partial charge in [0.25, 0.3) is 0 Å². The number of nitrogens with two attached hydrogens (primary N) is 1. The van der Waals surface area contributed by atoms with Crippen LogP contribution in [-0.4, -0.2) is 18.4 Å². The maximum absolute atomic E-state index is 11.5. The van der Waals surface area contributed by atoms with Gasteiger partial charge in [-0.25, -0.2) is 0 Å². The quantitative estimate of drug-likeness (QED) is 0.480. The van der Waals surface area contributed by atoms with E-state index in [9.17, 15) is 9.59 Å². The summed E-state index contributed by atoms with van der Waals surface area (Å²) in [6.07, 6.45) is 12.6. The number of carbonyl (C=O) groups excluding carboxylic acids is 2. The number of carbonyl (C=O) groups is 2. The first-order valence-corrected chi connectivity index (χ1v) is 8.21. The van der Waals surface area contributed by atoms with Crippen LogP contribution in [0, 0.1) is 0 Å². The molecule has 2 amide bonds. The lowest BCUT2D eigenvalue weighted by molar-refractivity contribution is -0.122. The van der Waals surface area contributed by atoms with E-state index in [1.54, 1.807) is 0 Å². The number of amides is 2. The number of nitrogens with one attached hydrogen (secondary N) is 1. The van der Waals surface area contributed by atoms with Crippen molar-refractivity contribution in [2.45, 2.75) is 84.0 Å². The first-order valence-electron chi connectivity index (χ1n) is 8.21. The topological polar surface area (TPSA) is 72.2 Å². The third kappa shape index (κ3) is 15.0. The smallest absolute Gasteiger partial charge is 0.219 e. The van der Waals surface area contributed by atoms with Crippen LogP contribution in [0.4, 0.5) is 0 Å². The van der Waals surface area contributed by atoms with Crippen molar-refractivity contribution < 1.29 is 9.59 Å². The molecule has 0 radical (unpaired) electrons. The third-order valence-electron chi connectivity index (χ3n) is 3.43. The summed E-state index contributed by atoms with van der Waals surface area (Å²) in [5, 5.41) is 2.93. The zero-order chi connectivity index (χ0) is 15.1. The lowest BCUT2D eigenvalue weighted by Crippen LogP contribution is -2.24. The fourth-order valence-corrected chi connectivity index (χ4v) is 2.16. The molecule has 0 atom stereocenters. The van der Waals surface area contributed by atoms with Crippen LogP contribution in [-0.2, 0) is 9.59 Å². The van der Waals surface area contributed by atoms with E-state index in [-0.39, 0.29) is 11.8 Å². The van der Waals surface area contributed by atoms with Gasteiger partial charge in [-0.2, -0.15) is 0 Å². The molecule has 20 heavy (non-hydrogen) atoms. The second kappa shape index (κ2) is 14.4. The molecular formula is C16H32N2O2. The predicted molar refractivity (Wildman–Crippen MR) is 83.3 cm³/mol. The number of unbranched alkanes of at least 4 members (excludes halogenated alkanes) is 8. The second-order valence-electron chi connectivity index (χ2n) is 5.50. The highest BCUT2D eigenvalue weighted by Crippen LogP contribution is 2.08. The summed E-state index contributed by atoms with van der Waals surface area (Å²) in [4.78, 5) is 22.0. The highest BCUT2D eigenvalue weighted by atomic mass is 16.1. The molecule has 0 aromatic heterocycles. The minimum Gasteiger partial charge on any atom is -0.370 e. The Morgan fingerprint density at radius 2 is 1.35 bits per heavy atom. The highest BCUT2D eigenvalue weighted by molar-refractivity contribution is 5.76. The molecular weight excluding hydrogens is 252 g/mol. The first-order chi connectivity index (χ1) is 9.66. The maximum atomic E-state index is 11.5. The van der Waals surface area contributed by atoms with Gasteiger partial charge in [0.15, 0.2) is 0 Å². The molecule has 0 unspecified atom stereocenters. The summed E-state index contributed by atoms with van der Waals surface area (Å²) in [5.41, 5.74) is 5.03. The molecule has 0 aliphatic carbocycles. The van der Waals surface area contributed by atoms with Crippen LogP contribution in [0.2, 0.25) is 0 Å². The molecule has 3 N–H and O–H groups in total. The van der Waals surface area contributed by atoms with Crippen LogP contribution >= 0.6 is 0 Å².